The van der Waals surface area contributed by atoms with Crippen LogP contribution < -0.4 is 5.73 Å². The first-order valence-corrected chi connectivity index (χ1v) is 7.31. The molecule has 3 aromatic rings. The molecule has 4 heteroatoms. The van der Waals surface area contributed by atoms with Crippen LogP contribution in [0.15, 0.2) is 36.7 Å². The van der Waals surface area contributed by atoms with Gasteiger partial charge in [0.05, 0.1) is 0 Å². The standard InChI is InChI=1S/C17H16N4/c18-16-13-7-3-4-8-15(13)20-17(21-16)14-10-19-9-11-5-1-2-6-12(11)14/h1-2,5-6,9-10H,3-4,7-8H2,(H2,18,20,21). The molecule has 0 unspecified atom stereocenters. The number of hydrogen-bond acceptors (Lipinski definition) is 4. The lowest BCUT2D eigenvalue weighted by molar-refractivity contribution is 0.666. The van der Waals surface area contributed by atoms with Gasteiger partial charge in [0.2, 0.25) is 0 Å². The number of rotatable bonds is 1. The van der Waals surface area contributed by atoms with E-state index in [9.17, 15) is 0 Å². The molecule has 104 valence electrons. The van der Waals surface area contributed by atoms with E-state index in [2.05, 4.69) is 16.0 Å². The number of fused-ring (bicyclic) bond motifs is 2. The maximum atomic E-state index is 6.15. The molecule has 0 bridgehead atoms. The molecule has 4 rings (SSSR count). The molecule has 0 saturated heterocycles. The Labute approximate surface area is 123 Å². The lowest BCUT2D eigenvalue weighted by Gasteiger charge is -2.17. The Kier molecular flexibility index (Phi) is 2.81. The number of pyridine rings is 1. The first-order valence-electron chi connectivity index (χ1n) is 7.31. The molecule has 1 aliphatic rings. The maximum Gasteiger partial charge on any atom is 0.163 e. The predicted molar refractivity (Wildman–Crippen MR) is 83.8 cm³/mol. The predicted octanol–water partition coefficient (Wildman–Crippen LogP) is 3.15. The Balaban J connectivity index is 1.95. The monoisotopic (exact) mass is 276 g/mol. The lowest BCUT2D eigenvalue weighted by Crippen LogP contribution is -2.11. The van der Waals surface area contributed by atoms with E-state index in [0.717, 1.165) is 40.4 Å². The van der Waals surface area contributed by atoms with Crippen LogP contribution in [0.5, 0.6) is 0 Å². The molecule has 2 N–H and O–H groups in total. The topological polar surface area (TPSA) is 64.7 Å². The Morgan fingerprint density at radius 3 is 2.76 bits per heavy atom. The summed E-state index contributed by atoms with van der Waals surface area (Å²) in [5, 5.41) is 2.21. The second-order valence-electron chi connectivity index (χ2n) is 5.47. The molecule has 0 amide bonds. The molecule has 1 aromatic carbocycles. The second kappa shape index (κ2) is 4.81. The van der Waals surface area contributed by atoms with E-state index in [0.29, 0.717) is 11.6 Å². The van der Waals surface area contributed by atoms with Gasteiger partial charge in [0, 0.05) is 34.6 Å². The quantitative estimate of drug-likeness (QED) is 0.741. The van der Waals surface area contributed by atoms with Crippen LogP contribution in [-0.2, 0) is 12.8 Å². The molecule has 0 aliphatic heterocycles. The molecule has 1 aliphatic carbocycles. The van der Waals surface area contributed by atoms with Crippen molar-refractivity contribution in [3.05, 3.63) is 47.9 Å². The number of anilines is 1. The minimum Gasteiger partial charge on any atom is -0.383 e. The van der Waals surface area contributed by atoms with E-state index in [1.807, 2.05) is 30.6 Å². The second-order valence-corrected chi connectivity index (χ2v) is 5.47. The normalized spacial score (nSPS) is 14.1. The molecule has 0 radical (unpaired) electrons. The van der Waals surface area contributed by atoms with Gasteiger partial charge in [0.15, 0.2) is 5.82 Å². The summed E-state index contributed by atoms with van der Waals surface area (Å²) in [4.78, 5) is 13.6. The van der Waals surface area contributed by atoms with Crippen molar-refractivity contribution in [2.24, 2.45) is 0 Å². The highest BCUT2D eigenvalue weighted by molar-refractivity contribution is 5.94. The fourth-order valence-corrected chi connectivity index (χ4v) is 3.04. The average Bonchev–Trinajstić information content (AvgIpc) is 2.54. The van der Waals surface area contributed by atoms with Gasteiger partial charge in [-0.2, -0.15) is 0 Å². The van der Waals surface area contributed by atoms with Crippen LogP contribution in [0.4, 0.5) is 5.82 Å². The van der Waals surface area contributed by atoms with Gasteiger partial charge in [-0.1, -0.05) is 24.3 Å². The van der Waals surface area contributed by atoms with E-state index < -0.39 is 0 Å². The first-order chi connectivity index (χ1) is 10.3. The zero-order valence-corrected chi connectivity index (χ0v) is 11.7. The van der Waals surface area contributed by atoms with Crippen LogP contribution >= 0.6 is 0 Å². The number of nitrogen functional groups attached to an aromatic ring is 1. The molecule has 0 atom stereocenters. The summed E-state index contributed by atoms with van der Waals surface area (Å²) in [6.07, 6.45) is 8.03. The zero-order chi connectivity index (χ0) is 14.2. The fourth-order valence-electron chi connectivity index (χ4n) is 3.04. The Hall–Kier alpha value is -2.49. The summed E-state index contributed by atoms with van der Waals surface area (Å²) in [6, 6.07) is 8.16. The van der Waals surface area contributed by atoms with E-state index in [-0.39, 0.29) is 0 Å². The van der Waals surface area contributed by atoms with E-state index in [1.54, 1.807) is 0 Å². The Morgan fingerprint density at radius 1 is 0.952 bits per heavy atom. The molecule has 2 aromatic heterocycles. The summed E-state index contributed by atoms with van der Waals surface area (Å²) >= 11 is 0. The maximum absolute atomic E-state index is 6.15. The third-order valence-electron chi connectivity index (χ3n) is 4.12. The van der Waals surface area contributed by atoms with Gasteiger partial charge in [-0.05, 0) is 31.1 Å². The van der Waals surface area contributed by atoms with Crippen molar-refractivity contribution in [3.63, 3.8) is 0 Å². The van der Waals surface area contributed by atoms with Gasteiger partial charge >= 0.3 is 0 Å². The molecular weight excluding hydrogens is 260 g/mol. The highest BCUT2D eigenvalue weighted by atomic mass is 15.0. The highest BCUT2D eigenvalue weighted by Crippen LogP contribution is 2.29. The number of nitrogens with zero attached hydrogens (tertiary/aromatic N) is 3. The fraction of sp³-hybridized carbons (Fsp3) is 0.235. The van der Waals surface area contributed by atoms with Crippen molar-refractivity contribution in [1.29, 1.82) is 0 Å². The summed E-state index contributed by atoms with van der Waals surface area (Å²) in [6.45, 7) is 0. The van der Waals surface area contributed by atoms with Crippen LogP contribution in [0.25, 0.3) is 22.2 Å². The lowest BCUT2D eigenvalue weighted by atomic mass is 9.96. The van der Waals surface area contributed by atoms with Crippen LogP contribution in [-0.4, -0.2) is 15.0 Å². The summed E-state index contributed by atoms with van der Waals surface area (Å²) in [5.41, 5.74) is 9.35. The average molecular weight is 276 g/mol. The van der Waals surface area contributed by atoms with E-state index in [4.69, 9.17) is 10.7 Å². The summed E-state index contributed by atoms with van der Waals surface area (Å²) in [5.74, 6) is 1.32. The summed E-state index contributed by atoms with van der Waals surface area (Å²) in [7, 11) is 0. The van der Waals surface area contributed by atoms with Crippen molar-refractivity contribution < 1.29 is 0 Å². The number of benzene rings is 1. The van der Waals surface area contributed by atoms with Crippen molar-refractivity contribution in [1.82, 2.24) is 15.0 Å². The van der Waals surface area contributed by atoms with Crippen LogP contribution in [0.1, 0.15) is 24.1 Å². The molecule has 2 heterocycles. The summed E-state index contributed by atoms with van der Waals surface area (Å²) < 4.78 is 0. The largest absolute Gasteiger partial charge is 0.383 e. The third kappa shape index (κ3) is 2.03. The van der Waals surface area contributed by atoms with Crippen LogP contribution in [0, 0.1) is 0 Å². The minimum atomic E-state index is 0.627. The van der Waals surface area contributed by atoms with E-state index in [1.165, 1.54) is 12.8 Å². The van der Waals surface area contributed by atoms with Crippen LogP contribution in [0.2, 0.25) is 0 Å². The highest BCUT2D eigenvalue weighted by Gasteiger charge is 2.17. The van der Waals surface area contributed by atoms with Gasteiger partial charge in [-0.15, -0.1) is 0 Å². The first kappa shape index (κ1) is 12.3. The zero-order valence-electron chi connectivity index (χ0n) is 11.7. The SMILES string of the molecule is Nc1nc(-c2cncc3ccccc23)nc2c1CCCC2. The van der Waals surface area contributed by atoms with Crippen molar-refractivity contribution in [2.75, 3.05) is 5.73 Å². The molecular formula is C17H16N4. The van der Waals surface area contributed by atoms with Gasteiger partial charge in [-0.25, -0.2) is 9.97 Å². The molecule has 4 nitrogen and oxygen atoms in total. The van der Waals surface area contributed by atoms with Gasteiger partial charge in [0.25, 0.3) is 0 Å². The van der Waals surface area contributed by atoms with E-state index >= 15 is 0 Å². The van der Waals surface area contributed by atoms with Crippen LogP contribution in [0.3, 0.4) is 0 Å². The number of nitrogens with two attached hydrogens (primary N) is 1. The van der Waals surface area contributed by atoms with Crippen molar-refractivity contribution in [3.8, 4) is 11.4 Å². The minimum absolute atomic E-state index is 0.627. The molecule has 0 fully saturated rings. The molecule has 0 saturated carbocycles. The Morgan fingerprint density at radius 2 is 1.81 bits per heavy atom. The number of aromatic nitrogens is 3. The number of hydrogen-bond donors (Lipinski definition) is 1. The van der Waals surface area contributed by atoms with Gasteiger partial charge in [0.1, 0.15) is 5.82 Å². The van der Waals surface area contributed by atoms with Crippen molar-refractivity contribution >= 4 is 16.6 Å². The molecule has 21 heavy (non-hydrogen) atoms. The van der Waals surface area contributed by atoms with Crippen molar-refractivity contribution in [2.45, 2.75) is 25.7 Å². The third-order valence-corrected chi connectivity index (χ3v) is 4.12. The Bertz CT molecular complexity index is 821. The number of aryl methyl sites for hydroxylation is 1. The smallest absolute Gasteiger partial charge is 0.163 e. The van der Waals surface area contributed by atoms with Gasteiger partial charge < -0.3 is 5.73 Å². The molecule has 0 spiro atoms. The van der Waals surface area contributed by atoms with Gasteiger partial charge in [-0.3, -0.25) is 4.98 Å².